The second kappa shape index (κ2) is 4.74. The van der Waals surface area contributed by atoms with E-state index in [1.54, 1.807) is 11.3 Å². The summed E-state index contributed by atoms with van der Waals surface area (Å²) in [4.78, 5) is 5.39. The van der Waals surface area contributed by atoms with Crippen LogP contribution < -0.4 is 5.32 Å². The molecule has 92 valence electrons. The average molecular weight is 253 g/mol. The molecule has 1 unspecified atom stereocenters. The van der Waals surface area contributed by atoms with Gasteiger partial charge in [0.25, 0.3) is 0 Å². The fraction of sp³-hybridized carbons (Fsp3) is 0.583. The number of piperidine rings is 1. The smallest absolute Gasteiger partial charge is 0.193 e. The molecule has 0 radical (unpaired) electrons. The van der Waals surface area contributed by atoms with Crippen molar-refractivity contribution in [3.05, 3.63) is 23.5 Å². The molecule has 3 nitrogen and oxygen atoms in total. The van der Waals surface area contributed by atoms with Crippen molar-refractivity contribution in [3.63, 3.8) is 0 Å². The standard InChI is InChI=1S/C12H16FN3S/c13-11(9-1-3-14-4-2-9)7-10-8-16-5-6-17-12(16)15-10/h5-6,8-9,11,14H,1-4,7H2. The van der Waals surface area contributed by atoms with Gasteiger partial charge < -0.3 is 5.32 Å². The minimum absolute atomic E-state index is 0.205. The van der Waals surface area contributed by atoms with Crippen molar-refractivity contribution in [2.45, 2.75) is 25.4 Å². The highest BCUT2D eigenvalue weighted by molar-refractivity contribution is 7.15. The quantitative estimate of drug-likeness (QED) is 0.909. The Morgan fingerprint density at radius 3 is 3.12 bits per heavy atom. The van der Waals surface area contributed by atoms with Crippen LogP contribution >= 0.6 is 11.3 Å². The van der Waals surface area contributed by atoms with E-state index in [9.17, 15) is 4.39 Å². The number of rotatable bonds is 3. The van der Waals surface area contributed by atoms with E-state index in [0.717, 1.165) is 36.6 Å². The van der Waals surface area contributed by atoms with Gasteiger partial charge in [-0.05, 0) is 31.8 Å². The molecule has 0 amide bonds. The number of aromatic nitrogens is 2. The van der Waals surface area contributed by atoms with Crippen molar-refractivity contribution in [2.24, 2.45) is 5.92 Å². The normalized spacial score (nSPS) is 19.8. The first-order valence-electron chi connectivity index (χ1n) is 6.09. The zero-order chi connectivity index (χ0) is 11.7. The van der Waals surface area contributed by atoms with Gasteiger partial charge >= 0.3 is 0 Å². The minimum atomic E-state index is -0.748. The first kappa shape index (κ1) is 11.2. The Morgan fingerprint density at radius 2 is 2.35 bits per heavy atom. The molecule has 2 aromatic rings. The highest BCUT2D eigenvalue weighted by Crippen LogP contribution is 2.22. The first-order chi connectivity index (χ1) is 8.33. The fourth-order valence-electron chi connectivity index (χ4n) is 2.45. The second-order valence-corrected chi connectivity index (χ2v) is 5.51. The summed E-state index contributed by atoms with van der Waals surface area (Å²) in [6, 6.07) is 0. The molecular weight excluding hydrogens is 237 g/mol. The third kappa shape index (κ3) is 2.35. The third-order valence-corrected chi connectivity index (χ3v) is 4.21. The van der Waals surface area contributed by atoms with E-state index < -0.39 is 6.17 Å². The monoisotopic (exact) mass is 253 g/mol. The van der Waals surface area contributed by atoms with Crippen LogP contribution in [0.25, 0.3) is 4.96 Å². The third-order valence-electron chi connectivity index (χ3n) is 3.44. The van der Waals surface area contributed by atoms with Crippen LogP contribution in [0.3, 0.4) is 0 Å². The summed E-state index contributed by atoms with van der Waals surface area (Å²) in [5.74, 6) is 0.205. The summed E-state index contributed by atoms with van der Waals surface area (Å²) >= 11 is 1.59. The Hall–Kier alpha value is -0.940. The van der Waals surface area contributed by atoms with Gasteiger partial charge in [0.1, 0.15) is 6.17 Å². The predicted octanol–water partition coefficient (Wildman–Crippen LogP) is 2.28. The van der Waals surface area contributed by atoms with Crippen molar-refractivity contribution in [1.82, 2.24) is 14.7 Å². The molecule has 1 fully saturated rings. The molecule has 0 saturated carbocycles. The van der Waals surface area contributed by atoms with Gasteiger partial charge in [-0.1, -0.05) is 0 Å². The SMILES string of the molecule is FC(Cc1cn2ccsc2n1)C1CCNCC1. The molecule has 0 aliphatic carbocycles. The lowest BCUT2D eigenvalue weighted by molar-refractivity contribution is 0.186. The predicted molar refractivity (Wildman–Crippen MR) is 67.3 cm³/mol. The molecular formula is C12H16FN3S. The van der Waals surface area contributed by atoms with Gasteiger partial charge in [0, 0.05) is 24.2 Å². The Labute approximate surface area is 104 Å². The highest BCUT2D eigenvalue weighted by atomic mass is 32.1. The van der Waals surface area contributed by atoms with Crippen LogP contribution in [0.1, 0.15) is 18.5 Å². The van der Waals surface area contributed by atoms with E-state index >= 15 is 0 Å². The maximum absolute atomic E-state index is 14.1. The topological polar surface area (TPSA) is 29.3 Å². The molecule has 1 N–H and O–H groups in total. The van der Waals surface area contributed by atoms with Crippen LogP contribution in [-0.2, 0) is 6.42 Å². The van der Waals surface area contributed by atoms with Gasteiger partial charge in [0.15, 0.2) is 4.96 Å². The van der Waals surface area contributed by atoms with E-state index in [-0.39, 0.29) is 5.92 Å². The van der Waals surface area contributed by atoms with Crippen molar-refractivity contribution >= 4 is 16.3 Å². The molecule has 0 aromatic carbocycles. The Morgan fingerprint density at radius 1 is 1.53 bits per heavy atom. The zero-order valence-electron chi connectivity index (χ0n) is 9.60. The number of hydrogen-bond donors (Lipinski definition) is 1. The molecule has 0 spiro atoms. The van der Waals surface area contributed by atoms with E-state index in [1.807, 2.05) is 22.2 Å². The van der Waals surface area contributed by atoms with Crippen molar-refractivity contribution in [2.75, 3.05) is 13.1 Å². The van der Waals surface area contributed by atoms with Crippen LogP contribution in [0.2, 0.25) is 0 Å². The number of nitrogens with zero attached hydrogens (tertiary/aromatic N) is 2. The summed E-state index contributed by atoms with van der Waals surface area (Å²) in [5, 5.41) is 5.26. The van der Waals surface area contributed by atoms with E-state index in [2.05, 4.69) is 10.3 Å². The van der Waals surface area contributed by atoms with Gasteiger partial charge in [0.05, 0.1) is 5.69 Å². The molecule has 2 aromatic heterocycles. The largest absolute Gasteiger partial charge is 0.317 e. The summed E-state index contributed by atoms with van der Waals surface area (Å²) in [7, 11) is 0. The van der Waals surface area contributed by atoms with Gasteiger partial charge in [0.2, 0.25) is 0 Å². The number of hydrogen-bond acceptors (Lipinski definition) is 3. The van der Waals surface area contributed by atoms with Crippen molar-refractivity contribution in [3.8, 4) is 0 Å². The number of halogens is 1. The number of nitrogens with one attached hydrogen (secondary N) is 1. The lowest BCUT2D eigenvalue weighted by Crippen LogP contribution is -2.33. The van der Waals surface area contributed by atoms with Crippen molar-refractivity contribution in [1.29, 1.82) is 0 Å². The Kier molecular flexibility index (Phi) is 3.11. The second-order valence-electron chi connectivity index (χ2n) is 4.63. The molecule has 1 saturated heterocycles. The van der Waals surface area contributed by atoms with Gasteiger partial charge in [-0.2, -0.15) is 0 Å². The number of fused-ring (bicyclic) bond motifs is 1. The van der Waals surface area contributed by atoms with E-state index in [4.69, 9.17) is 0 Å². The van der Waals surface area contributed by atoms with Crippen LogP contribution in [0.5, 0.6) is 0 Å². The molecule has 1 atom stereocenters. The number of thiazole rings is 1. The lowest BCUT2D eigenvalue weighted by Gasteiger charge is -2.25. The summed E-state index contributed by atoms with van der Waals surface area (Å²) < 4.78 is 16.1. The Balaban J connectivity index is 1.67. The van der Waals surface area contributed by atoms with Crippen LogP contribution in [0.15, 0.2) is 17.8 Å². The number of imidazole rings is 1. The van der Waals surface area contributed by atoms with Crippen LogP contribution in [0.4, 0.5) is 4.39 Å². The molecule has 0 bridgehead atoms. The molecule has 3 rings (SSSR count). The fourth-order valence-corrected chi connectivity index (χ4v) is 3.17. The summed E-state index contributed by atoms with van der Waals surface area (Å²) in [6.07, 6.45) is 5.52. The van der Waals surface area contributed by atoms with Crippen LogP contribution in [-0.4, -0.2) is 28.6 Å². The zero-order valence-corrected chi connectivity index (χ0v) is 10.4. The number of alkyl halides is 1. The minimum Gasteiger partial charge on any atom is -0.317 e. The van der Waals surface area contributed by atoms with E-state index in [1.165, 1.54) is 0 Å². The first-order valence-corrected chi connectivity index (χ1v) is 6.97. The highest BCUT2D eigenvalue weighted by Gasteiger charge is 2.24. The van der Waals surface area contributed by atoms with Crippen molar-refractivity contribution < 1.29 is 4.39 Å². The Bertz CT molecular complexity index is 458. The maximum atomic E-state index is 14.1. The maximum Gasteiger partial charge on any atom is 0.193 e. The summed E-state index contributed by atoms with van der Waals surface area (Å²) in [5.41, 5.74) is 0.878. The van der Waals surface area contributed by atoms with E-state index in [0.29, 0.717) is 6.42 Å². The molecule has 17 heavy (non-hydrogen) atoms. The van der Waals surface area contributed by atoms with Gasteiger partial charge in [-0.3, -0.25) is 4.40 Å². The van der Waals surface area contributed by atoms with Crippen LogP contribution in [0, 0.1) is 5.92 Å². The lowest BCUT2D eigenvalue weighted by atomic mass is 9.91. The molecule has 1 aliphatic heterocycles. The molecule has 1 aliphatic rings. The average Bonchev–Trinajstić information content (AvgIpc) is 2.90. The molecule has 3 heterocycles. The van der Waals surface area contributed by atoms with Gasteiger partial charge in [-0.15, -0.1) is 11.3 Å². The summed E-state index contributed by atoms with van der Waals surface area (Å²) in [6.45, 7) is 1.90. The molecule has 5 heteroatoms. The van der Waals surface area contributed by atoms with Gasteiger partial charge in [-0.25, -0.2) is 9.37 Å².